The van der Waals surface area contributed by atoms with Gasteiger partial charge >= 0.3 is 5.97 Å². The number of phenolic OH excluding ortho intramolecular Hbond substituents is 1. The number of carbonyl (C=O) groups excluding carboxylic acids is 4. The number of nitrogens with two attached hydrogens (primary N) is 4. The summed E-state index contributed by atoms with van der Waals surface area (Å²) in [6.07, 6.45) is 2.23. The summed E-state index contributed by atoms with van der Waals surface area (Å²) >= 11 is 0. The molecule has 0 spiro atoms. The molecule has 4 amide bonds. The van der Waals surface area contributed by atoms with Gasteiger partial charge in [0.05, 0.1) is 12.6 Å². The van der Waals surface area contributed by atoms with Crippen molar-refractivity contribution >= 4 is 41.5 Å². The van der Waals surface area contributed by atoms with Crippen LogP contribution >= 0.6 is 0 Å². The van der Waals surface area contributed by atoms with Gasteiger partial charge in [0.25, 0.3) is 0 Å². The molecule has 0 radical (unpaired) electrons. The van der Waals surface area contributed by atoms with Crippen LogP contribution < -0.4 is 49.5 Å². The van der Waals surface area contributed by atoms with E-state index in [1.54, 1.807) is 0 Å². The number of aromatic hydroxyl groups is 1. The Labute approximate surface area is 266 Å². The van der Waals surface area contributed by atoms with Crippen LogP contribution in [0.5, 0.6) is 5.75 Å². The number of carboxylic acids is 1. The SMILES string of the molecule is NC(N)=NCCC[C@H](NC(=O)CNC(=O)[C@H](CCCN=C(N)N)NC(=O)[C@@H]1CCCN1)C(=O)N[C@@H](Cc1ccc(O)cc1)C(=O)O. The molecule has 0 saturated carbocycles. The van der Waals surface area contributed by atoms with Crippen LogP contribution in [0.25, 0.3) is 0 Å². The minimum absolute atomic E-state index is 0.000713. The van der Waals surface area contributed by atoms with Crippen LogP contribution in [0.15, 0.2) is 34.3 Å². The number of amides is 4. The number of aliphatic imine (C=N–C) groups is 2. The number of guanidine groups is 2. The second-order valence-corrected chi connectivity index (χ2v) is 10.7. The Morgan fingerprint density at radius 2 is 1.43 bits per heavy atom. The van der Waals surface area contributed by atoms with Crippen LogP contribution in [0.1, 0.15) is 44.1 Å². The van der Waals surface area contributed by atoms with E-state index in [1.165, 1.54) is 24.3 Å². The molecule has 1 fully saturated rings. The van der Waals surface area contributed by atoms with Gasteiger partial charge in [-0.25, -0.2) is 4.79 Å². The molecule has 0 unspecified atom stereocenters. The molecule has 254 valence electrons. The van der Waals surface area contributed by atoms with Crippen LogP contribution in [0.3, 0.4) is 0 Å². The molecule has 0 aliphatic carbocycles. The highest BCUT2D eigenvalue weighted by atomic mass is 16.4. The van der Waals surface area contributed by atoms with Crippen molar-refractivity contribution in [2.75, 3.05) is 26.2 Å². The standard InChI is InChI=1S/C28H45N11O7/c29-27(30)34-12-2-5-19(38-24(43)18-4-1-11-33-18)23(42)36-15-22(41)37-20(6-3-13-35-28(31)32)25(44)39-21(26(45)46)14-16-7-9-17(40)10-8-16/h7-10,18-21,33,40H,1-6,11-15H2,(H,36,42)(H,37,41)(H,38,43)(H,39,44)(H,45,46)(H4,29,30,34)(H4,31,32,35)/t18-,19-,20-,21-/m0/s1. The zero-order valence-electron chi connectivity index (χ0n) is 25.5. The smallest absolute Gasteiger partial charge is 0.326 e. The minimum Gasteiger partial charge on any atom is -0.508 e. The molecule has 1 aliphatic rings. The van der Waals surface area contributed by atoms with Crippen molar-refractivity contribution in [3.8, 4) is 5.75 Å². The Morgan fingerprint density at radius 3 is 1.96 bits per heavy atom. The summed E-state index contributed by atoms with van der Waals surface area (Å²) in [7, 11) is 0. The Morgan fingerprint density at radius 1 is 0.848 bits per heavy atom. The summed E-state index contributed by atoms with van der Waals surface area (Å²) in [5, 5.41) is 32.4. The maximum absolute atomic E-state index is 13.2. The number of hydrogen-bond donors (Lipinski definition) is 11. The highest BCUT2D eigenvalue weighted by Gasteiger charge is 2.29. The molecule has 15 N–H and O–H groups in total. The van der Waals surface area contributed by atoms with E-state index >= 15 is 0 Å². The van der Waals surface area contributed by atoms with Gasteiger partial charge in [-0.15, -0.1) is 0 Å². The first-order valence-electron chi connectivity index (χ1n) is 14.9. The number of nitrogens with zero attached hydrogens (tertiary/aromatic N) is 2. The third-order valence-electron chi connectivity index (χ3n) is 6.97. The van der Waals surface area contributed by atoms with E-state index < -0.39 is 54.4 Å². The maximum atomic E-state index is 13.2. The van der Waals surface area contributed by atoms with Gasteiger partial charge in [-0.1, -0.05) is 12.1 Å². The average Bonchev–Trinajstić information content (AvgIpc) is 3.54. The Balaban J connectivity index is 2.05. The quantitative estimate of drug-likeness (QED) is 0.0395. The summed E-state index contributed by atoms with van der Waals surface area (Å²) in [6.45, 7) is 0.523. The lowest BCUT2D eigenvalue weighted by Gasteiger charge is -2.23. The number of benzene rings is 1. The third kappa shape index (κ3) is 14.1. The van der Waals surface area contributed by atoms with Crippen LogP contribution in [0, 0.1) is 0 Å². The molecular weight excluding hydrogens is 602 g/mol. The minimum atomic E-state index is -1.34. The number of phenols is 1. The van der Waals surface area contributed by atoms with E-state index in [-0.39, 0.29) is 62.3 Å². The van der Waals surface area contributed by atoms with Gasteiger partial charge in [0, 0.05) is 19.5 Å². The van der Waals surface area contributed by atoms with E-state index in [9.17, 15) is 34.2 Å². The fourth-order valence-corrected chi connectivity index (χ4v) is 4.60. The van der Waals surface area contributed by atoms with Crippen molar-refractivity contribution in [2.24, 2.45) is 32.9 Å². The van der Waals surface area contributed by atoms with E-state index in [2.05, 4.69) is 36.6 Å². The van der Waals surface area contributed by atoms with E-state index in [0.717, 1.165) is 6.42 Å². The Bertz CT molecular complexity index is 1240. The van der Waals surface area contributed by atoms with Gasteiger partial charge in [-0.3, -0.25) is 29.2 Å². The molecule has 1 aromatic carbocycles. The zero-order chi connectivity index (χ0) is 34.1. The van der Waals surface area contributed by atoms with Gasteiger partial charge in [-0.05, 0) is 62.8 Å². The average molecular weight is 648 g/mol. The summed E-state index contributed by atoms with van der Waals surface area (Å²) in [5.41, 5.74) is 21.9. The lowest BCUT2D eigenvalue weighted by molar-refractivity contribution is -0.142. The molecule has 0 bridgehead atoms. The number of nitrogens with one attached hydrogen (secondary N) is 5. The number of rotatable bonds is 19. The summed E-state index contributed by atoms with van der Waals surface area (Å²) in [5.74, 6) is -4.05. The maximum Gasteiger partial charge on any atom is 0.326 e. The molecular formula is C28H45N11O7. The third-order valence-corrected chi connectivity index (χ3v) is 6.97. The first-order valence-corrected chi connectivity index (χ1v) is 14.9. The Kier molecular flexibility index (Phi) is 15.5. The zero-order valence-corrected chi connectivity index (χ0v) is 25.5. The van der Waals surface area contributed by atoms with Crippen LogP contribution in [0.4, 0.5) is 0 Å². The van der Waals surface area contributed by atoms with Crippen molar-refractivity contribution in [2.45, 2.75) is 69.1 Å². The molecule has 1 heterocycles. The molecule has 46 heavy (non-hydrogen) atoms. The highest BCUT2D eigenvalue weighted by molar-refractivity contribution is 5.94. The van der Waals surface area contributed by atoms with Crippen molar-refractivity contribution in [1.29, 1.82) is 0 Å². The predicted octanol–water partition coefficient (Wildman–Crippen LogP) is -3.55. The number of carbonyl (C=O) groups is 5. The van der Waals surface area contributed by atoms with E-state index in [4.69, 9.17) is 22.9 Å². The lowest BCUT2D eigenvalue weighted by Crippen LogP contribution is -2.55. The van der Waals surface area contributed by atoms with Crippen molar-refractivity contribution in [1.82, 2.24) is 26.6 Å². The highest BCUT2D eigenvalue weighted by Crippen LogP contribution is 2.12. The molecule has 1 aliphatic heterocycles. The Hall–Kier alpha value is -5.13. The number of aliphatic carboxylic acids is 1. The van der Waals surface area contributed by atoms with E-state index in [1.807, 2.05) is 0 Å². The molecule has 0 aromatic heterocycles. The predicted molar refractivity (Wildman–Crippen MR) is 169 cm³/mol. The van der Waals surface area contributed by atoms with Crippen LogP contribution in [0.2, 0.25) is 0 Å². The number of carboxylic acid groups (broad SMARTS) is 1. The summed E-state index contributed by atoms with van der Waals surface area (Å²) < 4.78 is 0. The molecule has 2 rings (SSSR count). The van der Waals surface area contributed by atoms with Crippen molar-refractivity contribution in [3.63, 3.8) is 0 Å². The number of hydrogen-bond acceptors (Lipinski definition) is 9. The van der Waals surface area contributed by atoms with Crippen molar-refractivity contribution < 1.29 is 34.2 Å². The van der Waals surface area contributed by atoms with Gasteiger partial charge in [0.2, 0.25) is 23.6 Å². The normalized spacial score (nSPS) is 15.8. The monoisotopic (exact) mass is 647 g/mol. The molecule has 18 nitrogen and oxygen atoms in total. The molecule has 1 aromatic rings. The fraction of sp³-hybridized carbons (Fsp3) is 0.536. The fourth-order valence-electron chi connectivity index (χ4n) is 4.60. The van der Waals surface area contributed by atoms with Crippen molar-refractivity contribution in [3.05, 3.63) is 29.8 Å². The largest absolute Gasteiger partial charge is 0.508 e. The topological polar surface area (TPSA) is 315 Å². The molecule has 18 heteroatoms. The summed E-state index contributed by atoms with van der Waals surface area (Å²) in [4.78, 5) is 71.4. The molecule has 4 atom stereocenters. The first-order chi connectivity index (χ1) is 21.8. The lowest BCUT2D eigenvalue weighted by atomic mass is 10.0. The first kappa shape index (κ1) is 37.1. The second kappa shape index (κ2) is 19.3. The van der Waals surface area contributed by atoms with Gasteiger partial charge < -0.3 is 59.7 Å². The van der Waals surface area contributed by atoms with Gasteiger partial charge in [-0.2, -0.15) is 0 Å². The van der Waals surface area contributed by atoms with Gasteiger partial charge in [0.15, 0.2) is 11.9 Å². The molecule has 1 saturated heterocycles. The summed E-state index contributed by atoms with van der Waals surface area (Å²) in [6, 6.07) is 1.89. The van der Waals surface area contributed by atoms with Gasteiger partial charge in [0.1, 0.15) is 23.9 Å². The van der Waals surface area contributed by atoms with Crippen LogP contribution in [-0.4, -0.2) is 102 Å². The van der Waals surface area contributed by atoms with Crippen LogP contribution in [-0.2, 0) is 30.4 Å². The van der Waals surface area contributed by atoms with E-state index in [0.29, 0.717) is 24.9 Å². The second-order valence-electron chi connectivity index (χ2n) is 10.7.